The van der Waals surface area contributed by atoms with Crippen LogP contribution in [0.1, 0.15) is 6.42 Å². The smallest absolute Gasteiger partial charge is 0.232 e. The van der Waals surface area contributed by atoms with Gasteiger partial charge in [-0.25, -0.2) is 0 Å². The van der Waals surface area contributed by atoms with Crippen LogP contribution in [-0.4, -0.2) is 37.3 Å². The lowest BCUT2D eigenvalue weighted by molar-refractivity contribution is -0.127. The van der Waals surface area contributed by atoms with Crippen molar-refractivity contribution in [3.05, 3.63) is 24.3 Å². The molecule has 4 nitrogen and oxygen atoms in total. The fourth-order valence-corrected chi connectivity index (χ4v) is 2.11. The topological polar surface area (TPSA) is 53.3 Å². The maximum absolute atomic E-state index is 11.7. The van der Waals surface area contributed by atoms with E-state index in [1.807, 2.05) is 30.3 Å². The second kappa shape index (κ2) is 7.62. The molecule has 0 aliphatic heterocycles. The van der Waals surface area contributed by atoms with Crippen LogP contribution in [0.2, 0.25) is 0 Å². The summed E-state index contributed by atoms with van der Waals surface area (Å²) in [5, 5.41) is 8.45. The number of nitrogens with zero attached hydrogens (tertiary/aromatic N) is 2. The normalized spacial score (nSPS) is 9.61. The average molecular weight is 264 g/mol. The number of hydrogen-bond donors (Lipinski definition) is 0. The molecule has 0 bridgehead atoms. The molecular weight excluding hydrogens is 248 g/mol. The summed E-state index contributed by atoms with van der Waals surface area (Å²) in [6, 6.07) is 9.61. The summed E-state index contributed by atoms with van der Waals surface area (Å²) in [6.07, 6.45) is 0.370. The Morgan fingerprint density at radius 2 is 2.11 bits per heavy atom. The van der Waals surface area contributed by atoms with Crippen LogP contribution >= 0.6 is 11.8 Å². The molecular formula is C13H16N2O2S. The number of hydrogen-bond acceptors (Lipinski definition) is 4. The number of benzene rings is 1. The van der Waals surface area contributed by atoms with E-state index >= 15 is 0 Å². The minimum absolute atomic E-state index is 0.0334. The second-order valence-electron chi connectivity index (χ2n) is 3.69. The molecule has 0 saturated heterocycles. The zero-order chi connectivity index (χ0) is 13.4. The van der Waals surface area contributed by atoms with Crippen LogP contribution in [0.3, 0.4) is 0 Å². The van der Waals surface area contributed by atoms with Crippen molar-refractivity contribution in [2.24, 2.45) is 0 Å². The van der Waals surface area contributed by atoms with E-state index < -0.39 is 0 Å². The molecule has 96 valence electrons. The van der Waals surface area contributed by atoms with Gasteiger partial charge in [-0.15, -0.1) is 11.8 Å². The Labute approximate surface area is 112 Å². The van der Waals surface area contributed by atoms with Gasteiger partial charge in [-0.3, -0.25) is 4.79 Å². The molecule has 0 aromatic heterocycles. The molecule has 0 radical (unpaired) electrons. The predicted molar refractivity (Wildman–Crippen MR) is 71.6 cm³/mol. The number of methoxy groups -OCH3 is 1. The van der Waals surface area contributed by atoms with E-state index in [-0.39, 0.29) is 5.91 Å². The van der Waals surface area contributed by atoms with E-state index in [0.29, 0.717) is 18.7 Å². The average Bonchev–Trinajstić information content (AvgIpc) is 2.42. The number of nitriles is 1. The van der Waals surface area contributed by atoms with Crippen LogP contribution in [-0.2, 0) is 4.79 Å². The fourth-order valence-electron chi connectivity index (χ4n) is 1.27. The summed E-state index contributed by atoms with van der Waals surface area (Å²) in [5.41, 5.74) is 0. The van der Waals surface area contributed by atoms with Crippen molar-refractivity contribution in [3.63, 3.8) is 0 Å². The van der Waals surface area contributed by atoms with E-state index in [2.05, 4.69) is 0 Å². The molecule has 1 rings (SSSR count). The van der Waals surface area contributed by atoms with Crippen molar-refractivity contribution in [1.29, 1.82) is 5.26 Å². The summed E-state index contributed by atoms with van der Waals surface area (Å²) >= 11 is 1.48. The highest BCUT2D eigenvalue weighted by Gasteiger charge is 2.08. The number of thioether (sulfide) groups is 1. The van der Waals surface area contributed by atoms with E-state index in [1.54, 1.807) is 19.1 Å². The highest BCUT2D eigenvalue weighted by atomic mass is 32.2. The number of amides is 1. The Bertz CT molecular complexity index is 426. The maximum atomic E-state index is 11.7. The van der Waals surface area contributed by atoms with Gasteiger partial charge in [0.15, 0.2) is 0 Å². The van der Waals surface area contributed by atoms with Gasteiger partial charge in [0.25, 0.3) is 0 Å². The quantitative estimate of drug-likeness (QED) is 0.739. The molecule has 0 aliphatic carbocycles. The van der Waals surface area contributed by atoms with Gasteiger partial charge in [0, 0.05) is 18.5 Å². The molecule has 1 aromatic carbocycles. The molecule has 0 atom stereocenters. The molecule has 1 aromatic rings. The summed E-state index contributed by atoms with van der Waals surface area (Å²) in [4.78, 5) is 14.3. The molecule has 0 aliphatic rings. The second-order valence-corrected chi connectivity index (χ2v) is 4.74. The molecule has 0 N–H and O–H groups in total. The Balaban J connectivity index is 2.39. The lowest BCUT2D eigenvalue weighted by Crippen LogP contribution is -2.29. The molecule has 0 fully saturated rings. The molecule has 1 amide bonds. The SMILES string of the molecule is COc1ccc(SCC(=O)N(C)CCC#N)cc1. The Morgan fingerprint density at radius 1 is 1.44 bits per heavy atom. The molecule has 0 spiro atoms. The van der Waals surface area contributed by atoms with Crippen molar-refractivity contribution in [3.8, 4) is 11.8 Å². The first-order chi connectivity index (χ1) is 8.67. The maximum Gasteiger partial charge on any atom is 0.232 e. The largest absolute Gasteiger partial charge is 0.497 e. The minimum Gasteiger partial charge on any atom is -0.497 e. The van der Waals surface area contributed by atoms with Crippen LogP contribution in [0, 0.1) is 11.3 Å². The summed E-state index contributed by atoms with van der Waals surface area (Å²) < 4.78 is 5.06. The zero-order valence-electron chi connectivity index (χ0n) is 10.5. The van der Waals surface area contributed by atoms with Gasteiger partial charge in [-0.1, -0.05) is 0 Å². The third kappa shape index (κ3) is 4.68. The molecule has 0 unspecified atom stereocenters. The van der Waals surface area contributed by atoms with Gasteiger partial charge in [-0.05, 0) is 24.3 Å². The van der Waals surface area contributed by atoms with Crippen molar-refractivity contribution in [2.75, 3.05) is 26.5 Å². The van der Waals surface area contributed by atoms with Crippen molar-refractivity contribution >= 4 is 17.7 Å². The number of ether oxygens (including phenoxy) is 1. The van der Waals surface area contributed by atoms with Crippen LogP contribution in [0.4, 0.5) is 0 Å². The first kappa shape index (κ1) is 14.4. The number of carbonyl (C=O) groups excluding carboxylic acids is 1. The Morgan fingerprint density at radius 3 is 2.67 bits per heavy atom. The van der Waals surface area contributed by atoms with Gasteiger partial charge in [0.2, 0.25) is 5.91 Å². The van der Waals surface area contributed by atoms with Crippen molar-refractivity contribution < 1.29 is 9.53 Å². The van der Waals surface area contributed by atoms with Gasteiger partial charge >= 0.3 is 0 Å². The molecule has 0 saturated carbocycles. The lowest BCUT2D eigenvalue weighted by atomic mass is 10.3. The highest BCUT2D eigenvalue weighted by molar-refractivity contribution is 8.00. The van der Waals surface area contributed by atoms with Gasteiger partial charge in [-0.2, -0.15) is 5.26 Å². The highest BCUT2D eigenvalue weighted by Crippen LogP contribution is 2.21. The van der Waals surface area contributed by atoms with Gasteiger partial charge in [0.05, 0.1) is 25.4 Å². The Hall–Kier alpha value is -1.67. The predicted octanol–water partition coefficient (Wildman–Crippen LogP) is 2.16. The van der Waals surface area contributed by atoms with Crippen LogP contribution in [0.5, 0.6) is 5.75 Å². The third-order valence-corrected chi connectivity index (χ3v) is 3.40. The minimum atomic E-state index is 0.0334. The number of carbonyl (C=O) groups is 1. The first-order valence-corrected chi connectivity index (χ1v) is 6.53. The fraction of sp³-hybridized carbons (Fsp3) is 0.385. The summed E-state index contributed by atoms with van der Waals surface area (Å²) in [5.74, 6) is 1.22. The first-order valence-electron chi connectivity index (χ1n) is 5.55. The molecule has 5 heteroatoms. The van der Waals surface area contributed by atoms with Crippen LogP contribution < -0.4 is 4.74 Å². The zero-order valence-corrected chi connectivity index (χ0v) is 11.4. The summed E-state index contributed by atoms with van der Waals surface area (Å²) in [6.45, 7) is 0.485. The monoisotopic (exact) mass is 264 g/mol. The van der Waals surface area contributed by atoms with E-state index in [0.717, 1.165) is 10.6 Å². The standard InChI is InChI=1S/C13H16N2O2S/c1-15(9-3-8-14)13(16)10-18-12-6-4-11(17-2)5-7-12/h4-7H,3,9-10H2,1-2H3. The van der Waals surface area contributed by atoms with Gasteiger partial charge in [0.1, 0.15) is 5.75 Å². The van der Waals surface area contributed by atoms with Crippen LogP contribution in [0.25, 0.3) is 0 Å². The van der Waals surface area contributed by atoms with Crippen molar-refractivity contribution in [1.82, 2.24) is 4.90 Å². The lowest BCUT2D eigenvalue weighted by Gasteiger charge is -2.14. The van der Waals surface area contributed by atoms with Crippen LogP contribution in [0.15, 0.2) is 29.2 Å². The third-order valence-electron chi connectivity index (χ3n) is 2.41. The summed E-state index contributed by atoms with van der Waals surface area (Å²) in [7, 11) is 3.34. The molecule has 0 heterocycles. The van der Waals surface area contributed by atoms with E-state index in [1.165, 1.54) is 11.8 Å². The Kier molecular flexibility index (Phi) is 6.09. The van der Waals surface area contributed by atoms with E-state index in [4.69, 9.17) is 10.00 Å². The van der Waals surface area contributed by atoms with E-state index in [9.17, 15) is 4.79 Å². The van der Waals surface area contributed by atoms with Gasteiger partial charge < -0.3 is 9.64 Å². The molecule has 18 heavy (non-hydrogen) atoms. The number of rotatable bonds is 6. The van der Waals surface area contributed by atoms with Crippen molar-refractivity contribution in [2.45, 2.75) is 11.3 Å².